The minimum atomic E-state index is 0.477. The van der Waals surface area contributed by atoms with E-state index in [0.717, 1.165) is 42.6 Å². The summed E-state index contributed by atoms with van der Waals surface area (Å²) in [5, 5.41) is 3.90. The maximum Gasteiger partial charge on any atom is 0.233 e. The van der Waals surface area contributed by atoms with Gasteiger partial charge in [0.1, 0.15) is 11.0 Å². The zero-order valence-corrected chi connectivity index (χ0v) is 16.9. The molecule has 0 bridgehead atoms. The normalized spacial score (nSPS) is 11.0. The lowest BCUT2D eigenvalue weighted by molar-refractivity contribution is 0.316. The predicted octanol–water partition coefficient (Wildman–Crippen LogP) is 4.37. The summed E-state index contributed by atoms with van der Waals surface area (Å²) in [6, 6.07) is 10.0. The van der Waals surface area contributed by atoms with Crippen molar-refractivity contribution in [3.8, 4) is 0 Å². The van der Waals surface area contributed by atoms with Crippen LogP contribution in [0.1, 0.15) is 13.8 Å². The minimum Gasteiger partial charge on any atom is -0.368 e. The molecule has 2 aromatic rings. The van der Waals surface area contributed by atoms with E-state index >= 15 is 0 Å². The number of hydrogen-bond acceptors (Lipinski definition) is 6. The molecule has 0 aliphatic rings. The van der Waals surface area contributed by atoms with Gasteiger partial charge in [0.2, 0.25) is 5.95 Å². The topological polar surface area (TPSA) is 44.3 Å². The van der Waals surface area contributed by atoms with Crippen LogP contribution in [-0.2, 0) is 0 Å². The molecule has 0 amide bonds. The second-order valence-electron chi connectivity index (χ2n) is 5.54. The SMILES string of the molecule is CCN(CC)CCNc1nc(N(C)c2ccccc2)nc(Cl)c1SC. The van der Waals surface area contributed by atoms with Crippen LogP contribution in [-0.4, -0.2) is 54.4 Å². The second kappa shape index (κ2) is 9.85. The molecule has 0 aliphatic carbocycles. The van der Waals surface area contributed by atoms with Gasteiger partial charge in [0.25, 0.3) is 0 Å². The second-order valence-corrected chi connectivity index (χ2v) is 6.72. The van der Waals surface area contributed by atoms with Gasteiger partial charge in [0.15, 0.2) is 0 Å². The summed E-state index contributed by atoms with van der Waals surface area (Å²) in [7, 11) is 1.94. The average Bonchev–Trinajstić information content (AvgIpc) is 2.65. The number of anilines is 3. The molecule has 7 heteroatoms. The third kappa shape index (κ3) is 5.23. The maximum atomic E-state index is 6.41. The molecule has 0 saturated heterocycles. The Labute approximate surface area is 159 Å². The van der Waals surface area contributed by atoms with Crippen LogP contribution in [0, 0.1) is 0 Å². The first-order chi connectivity index (χ1) is 12.1. The minimum absolute atomic E-state index is 0.477. The van der Waals surface area contributed by atoms with Gasteiger partial charge in [-0.25, -0.2) is 0 Å². The van der Waals surface area contributed by atoms with Crippen LogP contribution >= 0.6 is 23.4 Å². The summed E-state index contributed by atoms with van der Waals surface area (Å²) < 4.78 is 0. The molecule has 136 valence electrons. The number of nitrogens with zero attached hydrogens (tertiary/aromatic N) is 4. The fourth-order valence-electron chi connectivity index (χ4n) is 2.50. The average molecular weight is 380 g/mol. The highest BCUT2D eigenvalue weighted by molar-refractivity contribution is 7.98. The number of para-hydroxylation sites is 1. The molecular weight excluding hydrogens is 354 g/mol. The van der Waals surface area contributed by atoms with Gasteiger partial charge in [-0.15, -0.1) is 11.8 Å². The Morgan fingerprint density at radius 1 is 1.12 bits per heavy atom. The number of hydrogen-bond donors (Lipinski definition) is 1. The number of halogens is 1. The van der Waals surface area contributed by atoms with Crippen LogP contribution in [0.3, 0.4) is 0 Å². The highest BCUT2D eigenvalue weighted by Gasteiger charge is 2.15. The van der Waals surface area contributed by atoms with Crippen LogP contribution in [0.2, 0.25) is 5.15 Å². The third-order valence-corrected chi connectivity index (χ3v) is 5.26. The van der Waals surface area contributed by atoms with Gasteiger partial charge in [0.05, 0.1) is 4.90 Å². The molecule has 1 aromatic heterocycles. The van der Waals surface area contributed by atoms with Crippen molar-refractivity contribution in [2.24, 2.45) is 0 Å². The van der Waals surface area contributed by atoms with Gasteiger partial charge in [-0.3, -0.25) is 0 Å². The Morgan fingerprint density at radius 2 is 1.80 bits per heavy atom. The van der Waals surface area contributed by atoms with Gasteiger partial charge in [-0.1, -0.05) is 43.6 Å². The lowest BCUT2D eigenvalue weighted by atomic mass is 10.3. The first kappa shape index (κ1) is 19.8. The van der Waals surface area contributed by atoms with Crippen molar-refractivity contribution >= 4 is 40.8 Å². The van der Waals surface area contributed by atoms with Crippen LogP contribution in [0.4, 0.5) is 17.5 Å². The van der Waals surface area contributed by atoms with Crippen molar-refractivity contribution in [3.05, 3.63) is 35.5 Å². The number of benzene rings is 1. The number of rotatable bonds is 9. The van der Waals surface area contributed by atoms with E-state index in [1.54, 1.807) is 11.8 Å². The van der Waals surface area contributed by atoms with Crippen molar-refractivity contribution in [2.75, 3.05) is 49.7 Å². The van der Waals surface area contributed by atoms with E-state index in [1.807, 2.05) is 48.5 Å². The fourth-order valence-corrected chi connectivity index (χ4v) is 3.42. The molecule has 0 fully saturated rings. The Morgan fingerprint density at radius 3 is 2.40 bits per heavy atom. The van der Waals surface area contributed by atoms with E-state index in [2.05, 4.69) is 29.0 Å². The molecule has 0 unspecified atom stereocenters. The lowest BCUT2D eigenvalue weighted by Gasteiger charge is -2.21. The van der Waals surface area contributed by atoms with Gasteiger partial charge < -0.3 is 15.1 Å². The van der Waals surface area contributed by atoms with Crippen LogP contribution < -0.4 is 10.2 Å². The molecule has 25 heavy (non-hydrogen) atoms. The lowest BCUT2D eigenvalue weighted by Crippen LogP contribution is -2.29. The van der Waals surface area contributed by atoms with Gasteiger partial charge in [-0.2, -0.15) is 9.97 Å². The van der Waals surface area contributed by atoms with Crippen molar-refractivity contribution in [2.45, 2.75) is 18.7 Å². The molecule has 5 nitrogen and oxygen atoms in total. The Hall–Kier alpha value is -1.50. The quantitative estimate of drug-likeness (QED) is 0.515. The number of nitrogens with one attached hydrogen (secondary N) is 1. The fraction of sp³-hybridized carbons (Fsp3) is 0.444. The van der Waals surface area contributed by atoms with Crippen LogP contribution in [0.5, 0.6) is 0 Å². The van der Waals surface area contributed by atoms with E-state index < -0.39 is 0 Å². The Kier molecular flexibility index (Phi) is 7.81. The highest BCUT2D eigenvalue weighted by Crippen LogP contribution is 2.33. The molecule has 2 rings (SSSR count). The monoisotopic (exact) mass is 379 g/mol. The summed E-state index contributed by atoms with van der Waals surface area (Å²) >= 11 is 7.97. The zero-order valence-electron chi connectivity index (χ0n) is 15.3. The van der Waals surface area contributed by atoms with Gasteiger partial charge in [0, 0.05) is 25.8 Å². The van der Waals surface area contributed by atoms with Crippen molar-refractivity contribution < 1.29 is 0 Å². The van der Waals surface area contributed by atoms with Gasteiger partial charge in [-0.05, 0) is 31.5 Å². The third-order valence-electron chi connectivity index (χ3n) is 4.07. The molecular formula is C18H26ClN5S. The highest BCUT2D eigenvalue weighted by atomic mass is 35.5. The maximum absolute atomic E-state index is 6.41. The smallest absolute Gasteiger partial charge is 0.233 e. The van der Waals surface area contributed by atoms with Crippen molar-refractivity contribution in [1.82, 2.24) is 14.9 Å². The molecule has 0 spiro atoms. The number of thioether (sulfide) groups is 1. The Balaban J connectivity index is 2.21. The first-order valence-electron chi connectivity index (χ1n) is 8.47. The van der Waals surface area contributed by atoms with E-state index in [-0.39, 0.29) is 0 Å². The molecule has 0 aliphatic heterocycles. The van der Waals surface area contributed by atoms with Crippen LogP contribution in [0.15, 0.2) is 35.2 Å². The summed E-state index contributed by atoms with van der Waals surface area (Å²) in [4.78, 5) is 14.4. The molecule has 0 atom stereocenters. The van der Waals surface area contributed by atoms with Gasteiger partial charge >= 0.3 is 0 Å². The molecule has 1 heterocycles. The van der Waals surface area contributed by atoms with Crippen molar-refractivity contribution in [3.63, 3.8) is 0 Å². The first-order valence-corrected chi connectivity index (χ1v) is 10.1. The predicted molar refractivity (Wildman–Crippen MR) is 110 cm³/mol. The molecule has 1 N–H and O–H groups in total. The van der Waals surface area contributed by atoms with E-state index in [9.17, 15) is 0 Å². The van der Waals surface area contributed by atoms with E-state index in [1.165, 1.54) is 0 Å². The zero-order chi connectivity index (χ0) is 18.2. The molecule has 0 saturated carbocycles. The summed E-state index contributed by atoms with van der Waals surface area (Å²) in [6.07, 6.45) is 1.99. The van der Waals surface area contributed by atoms with Crippen LogP contribution in [0.25, 0.3) is 0 Å². The standard InChI is InChI=1S/C18H26ClN5S/c1-5-24(6-2)13-12-20-17-15(25-4)16(19)21-18(22-17)23(3)14-10-8-7-9-11-14/h7-11H,5-6,12-13H2,1-4H3,(H,20,21,22). The van der Waals surface area contributed by atoms with Crippen molar-refractivity contribution in [1.29, 1.82) is 0 Å². The Bertz CT molecular complexity index is 664. The summed E-state index contributed by atoms with van der Waals surface area (Å²) in [5.74, 6) is 1.37. The largest absolute Gasteiger partial charge is 0.368 e. The number of likely N-dealkylation sites (N-methyl/N-ethyl adjacent to an activating group) is 1. The summed E-state index contributed by atoms with van der Waals surface area (Å²) in [6.45, 7) is 8.21. The number of aromatic nitrogens is 2. The van der Waals surface area contributed by atoms with E-state index in [4.69, 9.17) is 16.6 Å². The molecule has 0 radical (unpaired) electrons. The summed E-state index contributed by atoms with van der Waals surface area (Å²) in [5.41, 5.74) is 1.02. The molecule has 1 aromatic carbocycles. The van der Waals surface area contributed by atoms with E-state index in [0.29, 0.717) is 11.1 Å².